The molecule has 0 bridgehead atoms. The minimum absolute atomic E-state index is 0.123. The van der Waals surface area contributed by atoms with Crippen LogP contribution in [0.2, 0.25) is 5.02 Å². The molecular formula is C30H30ClNO4S2. The van der Waals surface area contributed by atoms with E-state index in [0.29, 0.717) is 58.5 Å². The lowest BCUT2D eigenvalue weighted by molar-refractivity contribution is -0.122. The van der Waals surface area contributed by atoms with Crippen molar-refractivity contribution in [3.05, 3.63) is 92.8 Å². The smallest absolute Gasteiger partial charge is 0.266 e. The number of hydrogen-bond donors (Lipinski definition) is 0. The van der Waals surface area contributed by atoms with Crippen molar-refractivity contribution in [2.45, 2.75) is 33.7 Å². The van der Waals surface area contributed by atoms with Gasteiger partial charge in [-0.3, -0.25) is 9.69 Å². The summed E-state index contributed by atoms with van der Waals surface area (Å²) in [6.45, 7) is 7.85. The number of amides is 1. The van der Waals surface area contributed by atoms with Gasteiger partial charge in [-0.25, -0.2) is 0 Å². The van der Waals surface area contributed by atoms with E-state index in [-0.39, 0.29) is 5.91 Å². The average Bonchev–Trinajstić information content (AvgIpc) is 3.15. The summed E-state index contributed by atoms with van der Waals surface area (Å²) in [6, 6.07) is 19.4. The summed E-state index contributed by atoms with van der Waals surface area (Å²) < 4.78 is 18.3. The molecule has 0 atom stereocenters. The van der Waals surface area contributed by atoms with E-state index >= 15 is 0 Å². The van der Waals surface area contributed by atoms with Crippen molar-refractivity contribution >= 4 is 51.9 Å². The number of halogens is 1. The van der Waals surface area contributed by atoms with Crippen molar-refractivity contribution in [2.75, 3.05) is 19.8 Å². The Kier molecular flexibility index (Phi) is 9.72. The molecule has 3 aromatic carbocycles. The van der Waals surface area contributed by atoms with Gasteiger partial charge >= 0.3 is 0 Å². The maximum Gasteiger partial charge on any atom is 0.266 e. The topological polar surface area (TPSA) is 48.0 Å². The Morgan fingerprint density at radius 2 is 1.74 bits per heavy atom. The molecule has 4 rings (SSSR count). The quantitative estimate of drug-likeness (QED) is 0.135. The monoisotopic (exact) mass is 567 g/mol. The number of rotatable bonds is 11. The molecule has 8 heteroatoms. The molecule has 0 radical (unpaired) electrons. The van der Waals surface area contributed by atoms with Gasteiger partial charge in [0.2, 0.25) is 0 Å². The van der Waals surface area contributed by atoms with Crippen LogP contribution in [-0.2, 0) is 11.3 Å². The van der Waals surface area contributed by atoms with Crippen molar-refractivity contribution in [3.63, 3.8) is 0 Å². The van der Waals surface area contributed by atoms with Crippen LogP contribution in [0.15, 0.2) is 65.6 Å². The molecule has 3 aromatic rings. The van der Waals surface area contributed by atoms with E-state index in [1.54, 1.807) is 17.0 Å². The number of thiocarbonyl (C=S) groups is 1. The molecule has 0 spiro atoms. The molecule has 0 saturated carbocycles. The number of nitrogens with zero attached hydrogens (tertiary/aromatic N) is 1. The number of carbonyl (C=O) groups is 1. The van der Waals surface area contributed by atoms with Crippen molar-refractivity contribution in [3.8, 4) is 17.2 Å². The Morgan fingerprint density at radius 3 is 2.50 bits per heavy atom. The molecule has 1 heterocycles. The van der Waals surface area contributed by atoms with E-state index in [1.807, 2.05) is 55.5 Å². The van der Waals surface area contributed by atoms with Crippen LogP contribution in [-0.4, -0.2) is 34.9 Å². The fraction of sp³-hybridized carbons (Fsp3) is 0.267. The Labute approximate surface area is 238 Å². The summed E-state index contributed by atoms with van der Waals surface area (Å²) in [7, 11) is 0. The van der Waals surface area contributed by atoms with Gasteiger partial charge in [0, 0.05) is 6.42 Å². The minimum atomic E-state index is -0.123. The number of thioether (sulfide) groups is 1. The maximum atomic E-state index is 13.1. The molecule has 0 aromatic heterocycles. The maximum absolute atomic E-state index is 13.1. The zero-order valence-electron chi connectivity index (χ0n) is 21.7. The van der Waals surface area contributed by atoms with E-state index in [0.717, 1.165) is 22.4 Å². The van der Waals surface area contributed by atoms with Crippen molar-refractivity contribution in [1.82, 2.24) is 4.90 Å². The molecule has 1 aliphatic rings. The first kappa shape index (κ1) is 28.0. The largest absolute Gasteiger partial charge is 0.493 e. The third-order valence-electron chi connectivity index (χ3n) is 6.03. The molecule has 0 aliphatic carbocycles. The van der Waals surface area contributed by atoms with Crippen molar-refractivity contribution in [1.29, 1.82) is 0 Å². The third kappa shape index (κ3) is 6.90. The van der Waals surface area contributed by atoms with Crippen LogP contribution in [0, 0.1) is 13.8 Å². The average molecular weight is 568 g/mol. The summed E-state index contributed by atoms with van der Waals surface area (Å²) in [5.41, 5.74) is 4.10. The molecule has 198 valence electrons. The molecule has 0 unspecified atom stereocenters. The van der Waals surface area contributed by atoms with E-state index in [2.05, 4.69) is 19.9 Å². The van der Waals surface area contributed by atoms with Gasteiger partial charge in [-0.1, -0.05) is 78.0 Å². The van der Waals surface area contributed by atoms with Crippen LogP contribution in [0.4, 0.5) is 0 Å². The Bertz CT molecular complexity index is 1340. The van der Waals surface area contributed by atoms with Gasteiger partial charge in [-0.2, -0.15) is 0 Å². The fourth-order valence-corrected chi connectivity index (χ4v) is 5.45. The predicted octanol–water partition coefficient (Wildman–Crippen LogP) is 7.60. The van der Waals surface area contributed by atoms with Gasteiger partial charge in [0.15, 0.2) is 11.5 Å². The van der Waals surface area contributed by atoms with Crippen molar-refractivity contribution < 1.29 is 19.0 Å². The van der Waals surface area contributed by atoms with Crippen LogP contribution in [0.1, 0.15) is 35.6 Å². The molecule has 0 N–H and O–H groups in total. The molecule has 1 fully saturated rings. The Morgan fingerprint density at radius 1 is 0.974 bits per heavy atom. The van der Waals surface area contributed by atoms with Gasteiger partial charge in [-0.05, 0) is 67.3 Å². The molecule has 1 amide bonds. The van der Waals surface area contributed by atoms with Crippen molar-refractivity contribution in [2.24, 2.45) is 0 Å². The second-order valence-corrected chi connectivity index (χ2v) is 10.8. The lowest BCUT2D eigenvalue weighted by Gasteiger charge is -2.15. The zero-order valence-corrected chi connectivity index (χ0v) is 24.0. The first-order valence-electron chi connectivity index (χ1n) is 12.4. The van der Waals surface area contributed by atoms with Crippen LogP contribution >= 0.6 is 35.6 Å². The first-order chi connectivity index (χ1) is 18.4. The summed E-state index contributed by atoms with van der Waals surface area (Å²) in [5.74, 6) is 1.77. The first-order valence-corrected chi connectivity index (χ1v) is 14.0. The van der Waals surface area contributed by atoms with Crippen LogP contribution in [0.3, 0.4) is 0 Å². The molecular weight excluding hydrogens is 538 g/mol. The normalized spacial score (nSPS) is 14.3. The van der Waals surface area contributed by atoms with Crippen LogP contribution in [0.5, 0.6) is 17.2 Å². The second kappa shape index (κ2) is 13.2. The highest BCUT2D eigenvalue weighted by atomic mass is 35.5. The third-order valence-corrected chi connectivity index (χ3v) is 7.69. The van der Waals surface area contributed by atoms with E-state index in [9.17, 15) is 4.79 Å². The van der Waals surface area contributed by atoms with Gasteiger partial charge in [0.05, 0.1) is 36.3 Å². The standard InChI is InChI=1S/C30H30ClNO4S2/c1-4-34-26-17-23(18-27-29(33)32(30(37)38-27)19-22-11-6-5-7-12-22)16-24(31)28(26)36-15-9-14-35-25-13-8-10-20(2)21(25)3/h5-8,10-13,16-18H,4,9,14-15,19H2,1-3H3. The lowest BCUT2D eigenvalue weighted by atomic mass is 10.1. The van der Waals surface area contributed by atoms with Gasteiger partial charge in [0.1, 0.15) is 10.1 Å². The number of benzene rings is 3. The number of hydrogen-bond acceptors (Lipinski definition) is 6. The van der Waals surface area contributed by atoms with E-state index < -0.39 is 0 Å². The molecule has 38 heavy (non-hydrogen) atoms. The second-order valence-electron chi connectivity index (χ2n) is 8.76. The molecule has 1 aliphatic heterocycles. The summed E-state index contributed by atoms with van der Waals surface area (Å²) >= 11 is 13.4. The summed E-state index contributed by atoms with van der Waals surface area (Å²) in [4.78, 5) is 15.2. The highest BCUT2D eigenvalue weighted by Gasteiger charge is 2.32. The molecule has 1 saturated heterocycles. The van der Waals surface area contributed by atoms with Gasteiger partial charge in [0.25, 0.3) is 5.91 Å². The lowest BCUT2D eigenvalue weighted by Crippen LogP contribution is -2.27. The number of aryl methyl sites for hydroxylation is 1. The van der Waals surface area contributed by atoms with E-state index in [4.69, 9.17) is 38.0 Å². The Balaban J connectivity index is 1.41. The highest BCUT2D eigenvalue weighted by molar-refractivity contribution is 8.26. The highest BCUT2D eigenvalue weighted by Crippen LogP contribution is 2.39. The fourth-order valence-electron chi connectivity index (χ4n) is 3.92. The SMILES string of the molecule is CCOc1cc(C=C2SC(=S)N(Cc3ccccc3)C2=O)cc(Cl)c1OCCCOc1cccc(C)c1C. The number of carbonyl (C=O) groups excluding carboxylic acids is 1. The minimum Gasteiger partial charge on any atom is -0.493 e. The molecule has 5 nitrogen and oxygen atoms in total. The number of ether oxygens (including phenoxy) is 3. The summed E-state index contributed by atoms with van der Waals surface area (Å²) in [5, 5.41) is 0.414. The Hall–Kier alpha value is -3.00. The zero-order chi connectivity index (χ0) is 27.1. The van der Waals surface area contributed by atoms with Gasteiger partial charge < -0.3 is 14.2 Å². The van der Waals surface area contributed by atoms with Crippen LogP contribution in [0.25, 0.3) is 6.08 Å². The predicted molar refractivity (Wildman–Crippen MR) is 159 cm³/mol. The van der Waals surface area contributed by atoms with Gasteiger partial charge in [-0.15, -0.1) is 0 Å². The summed E-state index contributed by atoms with van der Waals surface area (Å²) in [6.07, 6.45) is 2.47. The van der Waals surface area contributed by atoms with E-state index in [1.165, 1.54) is 17.3 Å². The van der Waals surface area contributed by atoms with Crippen LogP contribution < -0.4 is 14.2 Å².